The van der Waals surface area contributed by atoms with Crippen molar-refractivity contribution in [1.82, 2.24) is 24.6 Å². The second-order valence-corrected chi connectivity index (χ2v) is 11.0. The highest BCUT2D eigenvalue weighted by Gasteiger charge is 2.41. The lowest BCUT2D eigenvalue weighted by molar-refractivity contribution is -0.142. The molecule has 0 saturated carbocycles. The number of halogens is 3. The average Bonchev–Trinajstić information content (AvgIpc) is 3.59. The Balaban J connectivity index is 1.23. The van der Waals surface area contributed by atoms with Crippen LogP contribution in [0.1, 0.15) is 56.8 Å². The molecular weight excluding hydrogens is 543 g/mol. The minimum atomic E-state index is -4.56. The number of nitrogens with zero attached hydrogens (tertiary/aromatic N) is 5. The van der Waals surface area contributed by atoms with Crippen LogP contribution >= 0.6 is 11.3 Å². The average molecular weight is 572 g/mol. The van der Waals surface area contributed by atoms with Crippen LogP contribution in [-0.2, 0) is 34.3 Å². The monoisotopic (exact) mass is 571 g/mol. The second-order valence-electron chi connectivity index (χ2n) is 10.1. The van der Waals surface area contributed by atoms with Crippen LogP contribution in [0, 0.1) is 6.92 Å². The number of rotatable bonds is 6. The highest BCUT2D eigenvalue weighted by molar-refractivity contribution is 7.09. The van der Waals surface area contributed by atoms with E-state index in [4.69, 9.17) is 0 Å². The number of aromatic nitrogens is 3. The summed E-state index contributed by atoms with van der Waals surface area (Å²) in [7, 11) is 1.60. The number of likely N-dealkylation sites (N-methyl/N-ethyl adjacent to an activating group) is 1. The minimum Gasteiger partial charge on any atom is -0.341 e. The van der Waals surface area contributed by atoms with Gasteiger partial charge in [-0.05, 0) is 43.4 Å². The SMILES string of the molecule is Cc1cc(C(F)(F)F)nn1CC(=O)N1CCC(c2nc(C(=O)N(C)[C@@]3(C=O)C=CCc4ccccc43)cs2)CC1. The Labute approximate surface area is 233 Å². The van der Waals surface area contributed by atoms with E-state index in [0.29, 0.717) is 32.4 Å². The van der Waals surface area contributed by atoms with Crippen molar-refractivity contribution in [3.8, 4) is 0 Å². The van der Waals surface area contributed by atoms with Crippen LogP contribution in [0.4, 0.5) is 13.2 Å². The molecule has 1 aliphatic heterocycles. The number of hydrogen-bond donors (Lipinski definition) is 0. The Kier molecular flexibility index (Phi) is 7.38. The Morgan fingerprint density at radius 2 is 1.95 bits per heavy atom. The number of alkyl halides is 3. The number of aryl methyl sites for hydroxylation is 1. The largest absolute Gasteiger partial charge is 0.435 e. The first-order chi connectivity index (χ1) is 19.0. The molecule has 12 heteroatoms. The molecule has 210 valence electrons. The highest BCUT2D eigenvalue weighted by Crippen LogP contribution is 2.36. The molecule has 0 spiro atoms. The predicted molar refractivity (Wildman–Crippen MR) is 142 cm³/mol. The van der Waals surface area contributed by atoms with E-state index in [-0.39, 0.29) is 35.7 Å². The molecule has 1 fully saturated rings. The summed E-state index contributed by atoms with van der Waals surface area (Å²) in [6.07, 6.45) is 1.79. The summed E-state index contributed by atoms with van der Waals surface area (Å²) in [5.41, 5.74) is 0.0580. The zero-order chi connectivity index (χ0) is 28.7. The van der Waals surface area contributed by atoms with Crippen molar-refractivity contribution in [2.45, 2.75) is 50.4 Å². The van der Waals surface area contributed by atoms with Gasteiger partial charge in [-0.25, -0.2) is 4.98 Å². The van der Waals surface area contributed by atoms with Gasteiger partial charge in [-0.2, -0.15) is 18.3 Å². The van der Waals surface area contributed by atoms with E-state index in [2.05, 4.69) is 10.1 Å². The molecule has 1 saturated heterocycles. The maximum absolute atomic E-state index is 13.5. The number of carbonyl (C=O) groups excluding carboxylic acids is 3. The van der Waals surface area contributed by atoms with Crippen LogP contribution in [0.25, 0.3) is 0 Å². The normalized spacial score (nSPS) is 19.4. The van der Waals surface area contributed by atoms with Crippen molar-refractivity contribution in [3.63, 3.8) is 0 Å². The summed E-state index contributed by atoms with van der Waals surface area (Å²) in [6, 6.07) is 8.50. The van der Waals surface area contributed by atoms with Crippen LogP contribution < -0.4 is 0 Å². The number of likely N-dealkylation sites (tertiary alicyclic amines) is 1. The van der Waals surface area contributed by atoms with Gasteiger partial charge < -0.3 is 9.80 Å². The van der Waals surface area contributed by atoms with E-state index in [0.717, 1.165) is 33.2 Å². The smallest absolute Gasteiger partial charge is 0.341 e. The van der Waals surface area contributed by atoms with Crippen LogP contribution in [-0.4, -0.2) is 62.8 Å². The highest BCUT2D eigenvalue weighted by atomic mass is 32.1. The molecule has 8 nitrogen and oxygen atoms in total. The number of piperidine rings is 1. The Bertz CT molecular complexity index is 1470. The third kappa shape index (κ3) is 5.07. The molecule has 40 heavy (non-hydrogen) atoms. The van der Waals surface area contributed by atoms with E-state index in [1.54, 1.807) is 23.4 Å². The number of fused-ring (bicyclic) bond motifs is 1. The predicted octanol–water partition coefficient (Wildman–Crippen LogP) is 4.35. The summed E-state index contributed by atoms with van der Waals surface area (Å²) in [6.45, 7) is 2.08. The van der Waals surface area contributed by atoms with Gasteiger partial charge >= 0.3 is 6.18 Å². The molecule has 3 aromatic rings. The van der Waals surface area contributed by atoms with Gasteiger partial charge in [0.15, 0.2) is 12.0 Å². The Morgan fingerprint density at radius 3 is 2.62 bits per heavy atom. The Hall–Kier alpha value is -3.80. The van der Waals surface area contributed by atoms with Crippen LogP contribution in [0.5, 0.6) is 0 Å². The maximum Gasteiger partial charge on any atom is 0.435 e. The molecule has 3 heterocycles. The molecule has 0 unspecified atom stereocenters. The fourth-order valence-corrected chi connectivity index (χ4v) is 6.31. The molecule has 0 radical (unpaired) electrons. The fourth-order valence-electron chi connectivity index (χ4n) is 5.34. The van der Waals surface area contributed by atoms with Crippen molar-refractivity contribution < 1.29 is 27.6 Å². The number of aldehydes is 1. The molecule has 2 aromatic heterocycles. The molecule has 0 N–H and O–H groups in total. The fraction of sp³-hybridized carbons (Fsp3) is 0.393. The van der Waals surface area contributed by atoms with Gasteiger partial charge in [0, 0.05) is 37.1 Å². The molecule has 0 bridgehead atoms. The van der Waals surface area contributed by atoms with Crippen LogP contribution in [0.2, 0.25) is 0 Å². The molecular formula is C28H28F3N5O3S. The molecule has 1 aliphatic carbocycles. The van der Waals surface area contributed by atoms with E-state index in [1.807, 2.05) is 30.3 Å². The van der Waals surface area contributed by atoms with Gasteiger partial charge in [-0.3, -0.25) is 19.1 Å². The number of amides is 2. The Morgan fingerprint density at radius 1 is 1.23 bits per heavy atom. The van der Waals surface area contributed by atoms with Crippen LogP contribution in [0.15, 0.2) is 47.9 Å². The zero-order valence-electron chi connectivity index (χ0n) is 22.0. The van der Waals surface area contributed by atoms with E-state index in [9.17, 15) is 27.6 Å². The number of hydrogen-bond acceptors (Lipinski definition) is 6. The summed E-state index contributed by atoms with van der Waals surface area (Å²) < 4.78 is 39.9. The number of benzene rings is 1. The topological polar surface area (TPSA) is 88.4 Å². The van der Waals surface area contributed by atoms with Crippen molar-refractivity contribution in [2.24, 2.45) is 0 Å². The van der Waals surface area contributed by atoms with E-state index in [1.165, 1.54) is 23.2 Å². The summed E-state index contributed by atoms with van der Waals surface area (Å²) in [5, 5.41) is 6.02. The number of carbonyl (C=O) groups is 3. The van der Waals surface area contributed by atoms with E-state index < -0.39 is 17.4 Å². The van der Waals surface area contributed by atoms with Gasteiger partial charge in [0.05, 0.1) is 5.01 Å². The van der Waals surface area contributed by atoms with Crippen molar-refractivity contribution in [2.75, 3.05) is 20.1 Å². The molecule has 2 amide bonds. The third-order valence-corrected chi connectivity index (χ3v) is 8.70. The van der Waals surface area contributed by atoms with Gasteiger partial charge in [-0.1, -0.05) is 36.4 Å². The lowest BCUT2D eigenvalue weighted by Crippen LogP contribution is -2.48. The zero-order valence-corrected chi connectivity index (χ0v) is 22.8. The van der Waals surface area contributed by atoms with Crippen molar-refractivity contribution in [1.29, 1.82) is 0 Å². The number of thiazole rings is 1. The van der Waals surface area contributed by atoms with Gasteiger partial charge in [-0.15, -0.1) is 11.3 Å². The minimum absolute atomic E-state index is 0.0412. The maximum atomic E-state index is 13.5. The summed E-state index contributed by atoms with van der Waals surface area (Å²) in [5.74, 6) is -0.620. The van der Waals surface area contributed by atoms with Gasteiger partial charge in [0.2, 0.25) is 5.91 Å². The van der Waals surface area contributed by atoms with Crippen molar-refractivity contribution in [3.05, 3.63) is 81.1 Å². The summed E-state index contributed by atoms with van der Waals surface area (Å²) in [4.78, 5) is 46.3. The molecule has 2 aliphatic rings. The quantitative estimate of drug-likeness (QED) is 0.324. The van der Waals surface area contributed by atoms with E-state index >= 15 is 0 Å². The molecule has 1 atom stereocenters. The second kappa shape index (κ2) is 10.6. The standard InChI is InChI=1S/C28H28F3N5O3S/c1-18-14-23(28(29,30)31)33-36(18)15-24(38)35-12-9-20(10-13-35)25-32-22(16-40-25)26(39)34(2)27(17-37)11-5-7-19-6-3-4-8-21(19)27/h3-6,8,11,14,16-17,20H,7,9-10,12-13,15H2,1-2H3/t27-/m1/s1. The molecule has 1 aromatic carbocycles. The van der Waals surface area contributed by atoms with Crippen molar-refractivity contribution >= 4 is 29.4 Å². The number of allylic oxidation sites excluding steroid dienone is 1. The van der Waals surface area contributed by atoms with Crippen LogP contribution in [0.3, 0.4) is 0 Å². The lowest BCUT2D eigenvalue weighted by Gasteiger charge is -2.38. The summed E-state index contributed by atoms with van der Waals surface area (Å²) >= 11 is 1.37. The first-order valence-electron chi connectivity index (χ1n) is 12.9. The van der Waals surface area contributed by atoms with Gasteiger partial charge in [0.1, 0.15) is 17.8 Å². The lowest BCUT2D eigenvalue weighted by atomic mass is 9.81. The third-order valence-electron chi connectivity index (χ3n) is 7.69. The first-order valence-corrected chi connectivity index (χ1v) is 13.8. The van der Waals surface area contributed by atoms with Gasteiger partial charge in [0.25, 0.3) is 5.91 Å². The first kappa shape index (κ1) is 27.8. The molecule has 5 rings (SSSR count).